The summed E-state index contributed by atoms with van der Waals surface area (Å²) in [6.45, 7) is 9.25. The topological polar surface area (TPSA) is 113 Å². The number of methoxy groups -OCH3 is 1. The van der Waals surface area contributed by atoms with Gasteiger partial charge in [-0.05, 0) is 76.0 Å². The van der Waals surface area contributed by atoms with E-state index in [9.17, 15) is 4.79 Å². The third kappa shape index (κ3) is 8.67. The molecule has 11 heteroatoms. The number of unbranched alkanes of at least 4 members (excludes halogenated alkanes) is 1. The molecule has 0 unspecified atom stereocenters. The molecule has 3 heterocycles. The van der Waals surface area contributed by atoms with Gasteiger partial charge in [-0.25, -0.2) is 14.8 Å². The molecule has 2 fully saturated rings. The fourth-order valence-corrected chi connectivity index (χ4v) is 5.39. The predicted octanol–water partition coefficient (Wildman–Crippen LogP) is 4.48. The van der Waals surface area contributed by atoms with Crippen LogP contribution in [0.1, 0.15) is 32.1 Å². The molecule has 3 aromatic rings. The lowest BCUT2D eigenvalue weighted by atomic mass is 10.2. The zero-order valence-corrected chi connectivity index (χ0v) is 24.6. The second-order valence-electron chi connectivity index (χ2n) is 10.7. The van der Waals surface area contributed by atoms with Gasteiger partial charge in [0, 0.05) is 49.0 Å². The van der Waals surface area contributed by atoms with Crippen molar-refractivity contribution in [2.45, 2.75) is 32.1 Å². The van der Waals surface area contributed by atoms with Crippen molar-refractivity contribution < 1.29 is 19.0 Å². The van der Waals surface area contributed by atoms with Crippen molar-refractivity contribution in [1.29, 1.82) is 0 Å². The third-order valence-electron chi connectivity index (χ3n) is 7.67. The molecule has 11 nitrogen and oxygen atoms in total. The van der Waals surface area contributed by atoms with Crippen molar-refractivity contribution in [2.75, 3.05) is 83.4 Å². The molecule has 0 spiro atoms. The summed E-state index contributed by atoms with van der Waals surface area (Å²) in [6.07, 6.45) is 7.11. The minimum Gasteiger partial charge on any atom is -0.493 e. The number of anilines is 3. The van der Waals surface area contributed by atoms with Gasteiger partial charge in [0.05, 0.1) is 32.4 Å². The maximum Gasteiger partial charge on any atom is 0.319 e. The quantitative estimate of drug-likeness (QED) is 0.239. The van der Waals surface area contributed by atoms with E-state index in [1.165, 1.54) is 32.3 Å². The van der Waals surface area contributed by atoms with Gasteiger partial charge in [0.1, 0.15) is 12.1 Å². The average Bonchev–Trinajstić information content (AvgIpc) is 3.53. The number of urea groups is 1. The zero-order chi connectivity index (χ0) is 29.0. The van der Waals surface area contributed by atoms with Crippen LogP contribution < -0.4 is 25.4 Å². The number of rotatable bonds is 14. The highest BCUT2D eigenvalue weighted by atomic mass is 16.5. The lowest BCUT2D eigenvalue weighted by Gasteiger charge is -2.26. The van der Waals surface area contributed by atoms with Crippen LogP contribution in [0.2, 0.25) is 0 Å². The molecule has 0 saturated carbocycles. The van der Waals surface area contributed by atoms with E-state index in [0.717, 1.165) is 75.2 Å². The number of carbonyl (C=O) groups excluding carboxylic acids is 1. The van der Waals surface area contributed by atoms with Crippen LogP contribution >= 0.6 is 0 Å². The summed E-state index contributed by atoms with van der Waals surface area (Å²) in [4.78, 5) is 26.3. The van der Waals surface area contributed by atoms with E-state index in [1.54, 1.807) is 7.11 Å². The van der Waals surface area contributed by atoms with Gasteiger partial charge in [0.2, 0.25) is 0 Å². The van der Waals surface area contributed by atoms with Crippen LogP contribution in [0.5, 0.6) is 11.5 Å². The monoisotopic (exact) mass is 577 g/mol. The molecule has 2 saturated heterocycles. The number of benzene rings is 2. The summed E-state index contributed by atoms with van der Waals surface area (Å²) in [5.74, 6) is 1.92. The van der Waals surface area contributed by atoms with Gasteiger partial charge in [-0.15, -0.1) is 0 Å². The molecule has 5 rings (SSSR count). The lowest BCUT2D eigenvalue weighted by Crippen LogP contribution is -2.37. The summed E-state index contributed by atoms with van der Waals surface area (Å²) in [5.41, 5.74) is 2.23. The van der Waals surface area contributed by atoms with Crippen LogP contribution in [0.25, 0.3) is 10.9 Å². The molecule has 42 heavy (non-hydrogen) atoms. The first kappa shape index (κ1) is 29.8. The number of fused-ring (bicyclic) bond motifs is 1. The number of aromatic nitrogens is 2. The first-order chi connectivity index (χ1) is 20.7. The normalized spacial score (nSPS) is 15.9. The smallest absolute Gasteiger partial charge is 0.319 e. The van der Waals surface area contributed by atoms with E-state index < -0.39 is 0 Å². The second-order valence-corrected chi connectivity index (χ2v) is 10.7. The number of nitrogens with zero attached hydrogens (tertiary/aromatic N) is 4. The molecule has 2 amide bonds. The Kier molecular flexibility index (Phi) is 11.0. The molecule has 2 aliphatic rings. The zero-order valence-electron chi connectivity index (χ0n) is 24.6. The van der Waals surface area contributed by atoms with Crippen molar-refractivity contribution in [3.8, 4) is 11.5 Å². The Labute approximate surface area is 247 Å². The van der Waals surface area contributed by atoms with Crippen LogP contribution in [0, 0.1) is 0 Å². The molecular weight excluding hydrogens is 534 g/mol. The second kappa shape index (κ2) is 15.5. The van der Waals surface area contributed by atoms with E-state index in [-0.39, 0.29) is 6.03 Å². The predicted molar refractivity (Wildman–Crippen MR) is 165 cm³/mol. The van der Waals surface area contributed by atoms with Crippen LogP contribution in [0.4, 0.5) is 22.0 Å². The Bertz CT molecular complexity index is 1300. The maximum atomic E-state index is 12.5. The molecule has 0 radical (unpaired) electrons. The first-order valence-corrected chi connectivity index (χ1v) is 15.1. The van der Waals surface area contributed by atoms with Gasteiger partial charge in [-0.2, -0.15) is 0 Å². The fraction of sp³-hybridized carbons (Fsp3) is 0.516. The number of hydrogen-bond donors (Lipinski definition) is 3. The summed E-state index contributed by atoms with van der Waals surface area (Å²) in [6, 6.07) is 11.2. The van der Waals surface area contributed by atoms with E-state index in [4.69, 9.17) is 14.2 Å². The van der Waals surface area contributed by atoms with E-state index >= 15 is 0 Å². The van der Waals surface area contributed by atoms with Gasteiger partial charge in [0.25, 0.3) is 0 Å². The molecule has 226 valence electrons. The van der Waals surface area contributed by atoms with E-state index in [2.05, 4.69) is 35.7 Å². The Morgan fingerprint density at radius 3 is 2.55 bits per heavy atom. The average molecular weight is 578 g/mol. The Morgan fingerprint density at radius 1 is 0.929 bits per heavy atom. The van der Waals surface area contributed by atoms with Crippen LogP contribution in [-0.4, -0.2) is 98.5 Å². The van der Waals surface area contributed by atoms with E-state index in [0.29, 0.717) is 36.2 Å². The van der Waals surface area contributed by atoms with Crippen molar-refractivity contribution in [1.82, 2.24) is 25.1 Å². The molecule has 1 aromatic heterocycles. The van der Waals surface area contributed by atoms with Gasteiger partial charge < -0.3 is 35.1 Å². The molecule has 0 atom stereocenters. The molecule has 0 bridgehead atoms. The molecule has 3 N–H and O–H groups in total. The van der Waals surface area contributed by atoms with Crippen molar-refractivity contribution >= 4 is 34.1 Å². The fourth-order valence-electron chi connectivity index (χ4n) is 5.39. The number of ether oxygens (including phenoxy) is 3. The van der Waals surface area contributed by atoms with Crippen molar-refractivity contribution in [2.24, 2.45) is 0 Å². The minimum absolute atomic E-state index is 0.205. The summed E-state index contributed by atoms with van der Waals surface area (Å²) in [7, 11) is 1.63. The Balaban J connectivity index is 1.16. The number of hydrogen-bond acceptors (Lipinski definition) is 9. The summed E-state index contributed by atoms with van der Waals surface area (Å²) < 4.78 is 17.2. The number of carbonyl (C=O) groups is 1. The van der Waals surface area contributed by atoms with Crippen LogP contribution in [0.3, 0.4) is 0 Å². The van der Waals surface area contributed by atoms with Gasteiger partial charge in [-0.1, -0.05) is 6.07 Å². The van der Waals surface area contributed by atoms with Gasteiger partial charge >= 0.3 is 6.03 Å². The first-order valence-electron chi connectivity index (χ1n) is 15.1. The molecule has 0 aliphatic carbocycles. The number of morpholine rings is 1. The summed E-state index contributed by atoms with van der Waals surface area (Å²) in [5, 5.41) is 10.1. The van der Waals surface area contributed by atoms with Gasteiger partial charge in [0.15, 0.2) is 11.5 Å². The summed E-state index contributed by atoms with van der Waals surface area (Å²) >= 11 is 0. The Hall–Kier alpha value is -3.67. The number of nitrogens with one attached hydrogen (secondary N) is 3. The van der Waals surface area contributed by atoms with Crippen molar-refractivity contribution in [3.63, 3.8) is 0 Å². The standard InChI is InChI=1S/C31H43N7O4/c1-40-28-22-27-26(21-29(28)42-17-7-14-38-15-18-41-19-16-38)30(34-23-33-27)35-24-8-6-9-25(20-24)36-31(39)32-10-2-3-11-37-12-4-5-13-37/h6,8-9,20-23H,2-5,7,10-19H2,1H3,(H2,32,36,39)(H,33,34,35). The Morgan fingerprint density at radius 2 is 1.71 bits per heavy atom. The molecular formula is C31H43N7O4. The highest BCUT2D eigenvalue weighted by Crippen LogP contribution is 2.35. The van der Waals surface area contributed by atoms with E-state index in [1.807, 2.05) is 36.4 Å². The number of likely N-dealkylation sites (tertiary alicyclic amines) is 1. The third-order valence-corrected chi connectivity index (χ3v) is 7.67. The lowest BCUT2D eigenvalue weighted by molar-refractivity contribution is 0.0357. The van der Waals surface area contributed by atoms with Crippen LogP contribution in [0.15, 0.2) is 42.7 Å². The highest BCUT2D eigenvalue weighted by Gasteiger charge is 2.14. The highest BCUT2D eigenvalue weighted by molar-refractivity contribution is 5.94. The SMILES string of the molecule is COc1cc2ncnc(Nc3cccc(NC(=O)NCCCCN4CCCC4)c3)c2cc1OCCCN1CCOCC1. The van der Waals surface area contributed by atoms with Gasteiger partial charge in [-0.3, -0.25) is 4.90 Å². The molecule has 2 aromatic carbocycles. The number of amides is 2. The van der Waals surface area contributed by atoms with Crippen molar-refractivity contribution in [3.05, 3.63) is 42.7 Å². The minimum atomic E-state index is -0.205. The largest absolute Gasteiger partial charge is 0.493 e. The maximum absolute atomic E-state index is 12.5. The molecule has 2 aliphatic heterocycles. The van der Waals surface area contributed by atoms with Crippen LogP contribution in [-0.2, 0) is 4.74 Å².